The standard InChI is InChI=1S/C37H33NO9/c1-22-30(46-37-32(13-8-18-44-37)45-35(40)23-9-5-4-6-10-23)16-14-25-21-29(36(41)47-33(22)25)38-34(39)26-15-17-31(43-3)28(20-26)24-11-7-12-27(19-24)42-2/h4-7,9-12,14-17,19-21,32,37H,8,13,18H2,1-3H3,(H,38,39)/t32-,37?/m1/s1. The monoisotopic (exact) mass is 635 g/mol. The van der Waals surface area contributed by atoms with Crippen LogP contribution in [0.3, 0.4) is 0 Å². The summed E-state index contributed by atoms with van der Waals surface area (Å²) < 4.78 is 34.3. The SMILES string of the molecule is COc1cccc(-c2cc(C(=O)Nc3cc4ccc(OC5OCCC[C@H]5OC(=O)c5ccccc5)c(C)c4oc3=O)ccc2OC)c1. The summed E-state index contributed by atoms with van der Waals surface area (Å²) in [5.41, 5.74) is 2.35. The zero-order chi connectivity index (χ0) is 32.9. The number of carbonyl (C=O) groups is 2. The van der Waals surface area contributed by atoms with E-state index in [1.807, 2.05) is 30.3 Å². The largest absolute Gasteiger partial charge is 0.497 e. The molecule has 0 saturated carbocycles. The first kappa shape index (κ1) is 31.4. The van der Waals surface area contributed by atoms with E-state index in [0.29, 0.717) is 69.9 Å². The molecule has 1 saturated heterocycles. The van der Waals surface area contributed by atoms with Gasteiger partial charge in [0.25, 0.3) is 5.91 Å². The van der Waals surface area contributed by atoms with Gasteiger partial charge in [-0.25, -0.2) is 9.59 Å². The molecule has 0 bridgehead atoms. The Kier molecular flexibility index (Phi) is 9.21. The number of anilines is 1. The number of methoxy groups -OCH3 is 2. The molecule has 240 valence electrons. The third kappa shape index (κ3) is 6.83. The van der Waals surface area contributed by atoms with Gasteiger partial charge in [-0.05, 0) is 86.0 Å². The van der Waals surface area contributed by atoms with Crippen LogP contribution in [0.1, 0.15) is 39.1 Å². The van der Waals surface area contributed by atoms with Crippen LogP contribution in [-0.4, -0.2) is 45.1 Å². The molecular weight excluding hydrogens is 602 g/mol. The molecule has 2 atom stereocenters. The van der Waals surface area contributed by atoms with E-state index in [1.165, 1.54) is 0 Å². The second-order valence-corrected chi connectivity index (χ2v) is 11.0. The molecule has 10 nitrogen and oxygen atoms in total. The minimum absolute atomic E-state index is 0.0159. The quantitative estimate of drug-likeness (QED) is 0.138. The Bertz CT molecular complexity index is 1990. The smallest absolute Gasteiger partial charge is 0.360 e. The highest BCUT2D eigenvalue weighted by atomic mass is 16.7. The second-order valence-electron chi connectivity index (χ2n) is 11.0. The Balaban J connectivity index is 1.21. The predicted octanol–water partition coefficient (Wildman–Crippen LogP) is 6.78. The minimum Gasteiger partial charge on any atom is -0.497 e. The number of aryl methyl sites for hydroxylation is 1. The van der Waals surface area contributed by atoms with Gasteiger partial charge in [-0.2, -0.15) is 0 Å². The van der Waals surface area contributed by atoms with Gasteiger partial charge in [0, 0.05) is 22.1 Å². The van der Waals surface area contributed by atoms with Crippen molar-refractivity contribution in [3.05, 3.63) is 118 Å². The van der Waals surface area contributed by atoms with E-state index in [-0.39, 0.29) is 5.69 Å². The Morgan fingerprint density at radius 2 is 1.66 bits per heavy atom. The van der Waals surface area contributed by atoms with Gasteiger partial charge in [0.15, 0.2) is 6.10 Å². The number of hydrogen-bond donors (Lipinski definition) is 1. The first-order chi connectivity index (χ1) is 22.8. The lowest BCUT2D eigenvalue weighted by Gasteiger charge is -2.31. The number of ether oxygens (including phenoxy) is 5. The first-order valence-corrected chi connectivity index (χ1v) is 15.1. The summed E-state index contributed by atoms with van der Waals surface area (Å²) in [6.07, 6.45) is -0.183. The van der Waals surface area contributed by atoms with Gasteiger partial charge in [0.2, 0.25) is 6.29 Å². The maximum Gasteiger partial charge on any atom is 0.360 e. The molecule has 1 amide bonds. The van der Waals surface area contributed by atoms with E-state index in [0.717, 1.165) is 5.56 Å². The van der Waals surface area contributed by atoms with Gasteiger partial charge >= 0.3 is 11.6 Å². The van der Waals surface area contributed by atoms with Crippen molar-refractivity contribution >= 4 is 28.5 Å². The lowest BCUT2D eigenvalue weighted by Crippen LogP contribution is -2.41. The molecule has 0 radical (unpaired) electrons. The topological polar surface area (TPSA) is 123 Å². The van der Waals surface area contributed by atoms with Crippen molar-refractivity contribution in [2.75, 3.05) is 26.1 Å². The van der Waals surface area contributed by atoms with E-state index < -0.39 is 29.9 Å². The fraction of sp³-hybridized carbons (Fsp3) is 0.216. The van der Waals surface area contributed by atoms with Gasteiger partial charge in [-0.15, -0.1) is 0 Å². The lowest BCUT2D eigenvalue weighted by atomic mass is 10.0. The molecule has 1 aliphatic rings. The number of nitrogens with one attached hydrogen (secondary N) is 1. The molecule has 0 spiro atoms. The van der Waals surface area contributed by atoms with Crippen LogP contribution in [0.15, 0.2) is 100 Å². The van der Waals surface area contributed by atoms with Crippen LogP contribution < -0.4 is 25.2 Å². The van der Waals surface area contributed by atoms with Gasteiger partial charge in [-0.1, -0.05) is 30.3 Å². The van der Waals surface area contributed by atoms with E-state index in [4.69, 9.17) is 28.1 Å². The van der Waals surface area contributed by atoms with Crippen molar-refractivity contribution < 1.29 is 37.7 Å². The molecule has 10 heteroatoms. The highest BCUT2D eigenvalue weighted by Gasteiger charge is 2.32. The summed E-state index contributed by atoms with van der Waals surface area (Å²) in [4.78, 5) is 39.1. The molecule has 1 N–H and O–H groups in total. The third-order valence-electron chi connectivity index (χ3n) is 7.92. The van der Waals surface area contributed by atoms with Gasteiger partial charge in [-0.3, -0.25) is 4.79 Å². The molecule has 4 aromatic carbocycles. The molecule has 1 aliphatic heterocycles. The van der Waals surface area contributed by atoms with Crippen LogP contribution in [0.2, 0.25) is 0 Å². The zero-order valence-electron chi connectivity index (χ0n) is 26.1. The van der Waals surface area contributed by atoms with E-state index in [2.05, 4.69) is 5.32 Å². The number of rotatable bonds is 9. The highest BCUT2D eigenvalue weighted by Crippen LogP contribution is 2.34. The van der Waals surface area contributed by atoms with E-state index >= 15 is 0 Å². The third-order valence-corrected chi connectivity index (χ3v) is 7.92. The summed E-state index contributed by atoms with van der Waals surface area (Å²) in [5.74, 6) is 0.693. The number of esters is 1. The molecule has 0 aliphatic carbocycles. The highest BCUT2D eigenvalue weighted by molar-refractivity contribution is 6.06. The van der Waals surface area contributed by atoms with Gasteiger partial charge in [0.1, 0.15) is 28.5 Å². The van der Waals surface area contributed by atoms with E-state index in [1.54, 1.807) is 81.8 Å². The normalized spacial score (nSPS) is 15.9. The fourth-order valence-corrected chi connectivity index (χ4v) is 5.44. The van der Waals surface area contributed by atoms with Crippen LogP contribution in [-0.2, 0) is 9.47 Å². The average Bonchev–Trinajstić information content (AvgIpc) is 3.11. The van der Waals surface area contributed by atoms with Crippen molar-refractivity contribution in [1.82, 2.24) is 0 Å². The maximum atomic E-state index is 13.3. The number of fused-ring (bicyclic) bond motifs is 1. The maximum absolute atomic E-state index is 13.3. The van der Waals surface area contributed by atoms with Crippen LogP contribution in [0.5, 0.6) is 17.2 Å². The van der Waals surface area contributed by atoms with Crippen LogP contribution in [0.25, 0.3) is 22.1 Å². The van der Waals surface area contributed by atoms with Gasteiger partial charge in [0.05, 0.1) is 26.4 Å². The van der Waals surface area contributed by atoms with Crippen LogP contribution in [0, 0.1) is 6.92 Å². The van der Waals surface area contributed by atoms with Crippen molar-refractivity contribution in [3.8, 4) is 28.4 Å². The molecule has 1 aromatic heterocycles. The second kappa shape index (κ2) is 13.8. The minimum atomic E-state index is -0.843. The Hall–Kier alpha value is -5.61. The molecule has 5 aromatic rings. The summed E-state index contributed by atoms with van der Waals surface area (Å²) in [5, 5.41) is 3.26. The van der Waals surface area contributed by atoms with Crippen LogP contribution in [0.4, 0.5) is 5.69 Å². The van der Waals surface area contributed by atoms with Crippen molar-refractivity contribution in [2.45, 2.75) is 32.2 Å². The number of benzene rings is 4. The van der Waals surface area contributed by atoms with Crippen molar-refractivity contribution in [3.63, 3.8) is 0 Å². The molecular formula is C37H33NO9. The Morgan fingerprint density at radius 3 is 2.45 bits per heavy atom. The van der Waals surface area contributed by atoms with E-state index in [9.17, 15) is 14.4 Å². The number of amides is 1. The summed E-state index contributed by atoms with van der Waals surface area (Å²) in [6.45, 7) is 2.20. The number of hydrogen-bond acceptors (Lipinski definition) is 9. The molecule has 2 heterocycles. The fourth-order valence-electron chi connectivity index (χ4n) is 5.44. The zero-order valence-corrected chi connectivity index (χ0v) is 26.1. The summed E-state index contributed by atoms with van der Waals surface area (Å²) >= 11 is 0. The molecule has 47 heavy (non-hydrogen) atoms. The first-order valence-electron chi connectivity index (χ1n) is 15.1. The predicted molar refractivity (Wildman–Crippen MR) is 175 cm³/mol. The lowest BCUT2D eigenvalue weighted by molar-refractivity contribution is -0.172. The average molecular weight is 636 g/mol. The van der Waals surface area contributed by atoms with Gasteiger partial charge < -0.3 is 33.4 Å². The molecule has 1 unspecified atom stereocenters. The summed E-state index contributed by atoms with van der Waals surface area (Å²) in [7, 11) is 3.14. The number of carbonyl (C=O) groups excluding carboxylic acids is 2. The Morgan fingerprint density at radius 1 is 0.851 bits per heavy atom. The Labute approximate surface area is 270 Å². The van der Waals surface area contributed by atoms with Crippen molar-refractivity contribution in [2.24, 2.45) is 0 Å². The summed E-state index contributed by atoms with van der Waals surface area (Å²) in [6, 6.07) is 26.1. The van der Waals surface area contributed by atoms with Crippen LogP contribution >= 0.6 is 0 Å². The molecule has 6 rings (SSSR count). The molecule has 1 fully saturated rings. The van der Waals surface area contributed by atoms with Crippen molar-refractivity contribution in [1.29, 1.82) is 0 Å².